The van der Waals surface area contributed by atoms with E-state index < -0.39 is 20.8 Å². The van der Waals surface area contributed by atoms with Crippen molar-refractivity contribution in [2.75, 3.05) is 0 Å². The molecule has 0 aliphatic heterocycles. The van der Waals surface area contributed by atoms with E-state index in [4.69, 9.17) is 0 Å². The summed E-state index contributed by atoms with van der Waals surface area (Å²) in [7, 11) is -4.44. The normalized spacial score (nSPS) is 11.3. The minimum atomic E-state index is -4.44. The Morgan fingerprint density at radius 2 is 1.31 bits per heavy atom. The molecule has 0 radical (unpaired) electrons. The second kappa shape index (κ2) is 14.9. The predicted molar refractivity (Wildman–Crippen MR) is 100 cm³/mol. The number of rotatable bonds is 14. The van der Waals surface area contributed by atoms with Gasteiger partial charge >= 0.3 is 29.6 Å². The zero-order valence-electron chi connectivity index (χ0n) is 16.5. The molecule has 0 aliphatic rings. The molecule has 1 aromatic carbocycles. The second-order valence-corrected chi connectivity index (χ2v) is 8.22. The van der Waals surface area contributed by atoms with Crippen LogP contribution in [0.15, 0.2) is 23.1 Å². The van der Waals surface area contributed by atoms with E-state index in [1.165, 1.54) is 63.9 Å². The van der Waals surface area contributed by atoms with E-state index >= 15 is 0 Å². The molecule has 0 aromatic heterocycles. The third-order valence-corrected chi connectivity index (χ3v) is 5.60. The summed E-state index contributed by atoms with van der Waals surface area (Å²) in [5.41, 5.74) is 0.432. The van der Waals surface area contributed by atoms with Gasteiger partial charge in [0.25, 0.3) is 10.1 Å². The van der Waals surface area contributed by atoms with Crippen molar-refractivity contribution in [3.05, 3.63) is 23.8 Å². The number of aryl methyl sites for hydroxylation is 1. The first-order valence-electron chi connectivity index (χ1n) is 9.73. The van der Waals surface area contributed by atoms with Crippen molar-refractivity contribution in [2.24, 2.45) is 0 Å². The van der Waals surface area contributed by atoms with Crippen LogP contribution in [0, 0.1) is 0 Å². The maximum absolute atomic E-state index is 11.7. The van der Waals surface area contributed by atoms with Gasteiger partial charge in [-0.1, -0.05) is 102 Å². The molecule has 0 saturated carbocycles. The van der Waals surface area contributed by atoms with E-state index in [-0.39, 0.29) is 29.6 Å². The molecule has 1 rings (SSSR count). The molecule has 0 aliphatic carbocycles. The standard InChI is InChI=1S/C20H34O4S.Na/c1-2-3-4-5-6-7-8-9-10-11-12-13-15-18-16-14-17-19(21)20(18)25(22,23)24;/h14,16-17,21H,2-13,15H2,1H3,(H,22,23,24);/q;+1/p-1. The van der Waals surface area contributed by atoms with Gasteiger partial charge in [-0.15, -0.1) is 0 Å². The van der Waals surface area contributed by atoms with Gasteiger partial charge in [-0.05, 0) is 18.4 Å². The monoisotopic (exact) mass is 392 g/mol. The van der Waals surface area contributed by atoms with E-state index in [1.54, 1.807) is 12.1 Å². The first-order chi connectivity index (χ1) is 12.0. The minimum absolute atomic E-state index is 0. The fourth-order valence-corrected chi connectivity index (χ4v) is 4.03. The van der Waals surface area contributed by atoms with Gasteiger partial charge in [-0.2, -0.15) is 8.42 Å². The van der Waals surface area contributed by atoms with Crippen LogP contribution in [0.3, 0.4) is 0 Å². The molecular formula is C20H33NaO4S. The van der Waals surface area contributed by atoms with Crippen LogP contribution in [-0.4, -0.2) is 13.0 Å². The molecule has 6 heteroatoms. The topological polar surface area (TPSA) is 77.4 Å². The maximum Gasteiger partial charge on any atom is 1.00 e. The predicted octanol–water partition coefficient (Wildman–Crippen LogP) is 2.25. The molecule has 0 atom stereocenters. The average molecular weight is 393 g/mol. The molecule has 0 saturated heterocycles. The Morgan fingerprint density at radius 1 is 0.846 bits per heavy atom. The molecule has 0 heterocycles. The Labute approximate surface area is 181 Å². The van der Waals surface area contributed by atoms with Crippen LogP contribution in [0.5, 0.6) is 5.75 Å². The molecule has 144 valence electrons. The van der Waals surface area contributed by atoms with Gasteiger partial charge in [-0.3, -0.25) is 4.55 Å². The number of hydrogen-bond acceptors (Lipinski definition) is 3. The summed E-state index contributed by atoms with van der Waals surface area (Å²) in [6.07, 6.45) is 15.3. The Kier molecular flexibility index (Phi) is 14.9. The number of hydrogen-bond donors (Lipinski definition) is 1. The maximum atomic E-state index is 11.7. The minimum Gasteiger partial charge on any atom is -0.872 e. The Bertz CT molecular complexity index is 587. The molecule has 1 aromatic rings. The van der Waals surface area contributed by atoms with E-state index in [1.807, 2.05) is 0 Å². The summed E-state index contributed by atoms with van der Waals surface area (Å²) in [4.78, 5) is -0.446. The van der Waals surface area contributed by atoms with Crippen LogP contribution in [0.1, 0.15) is 89.5 Å². The van der Waals surface area contributed by atoms with Gasteiger partial charge < -0.3 is 5.11 Å². The van der Waals surface area contributed by atoms with Crippen molar-refractivity contribution in [1.82, 2.24) is 0 Å². The third-order valence-electron chi connectivity index (χ3n) is 4.62. The fourth-order valence-electron chi connectivity index (χ4n) is 3.21. The Balaban J connectivity index is 0.00000625. The molecule has 0 bridgehead atoms. The van der Waals surface area contributed by atoms with E-state index in [0.717, 1.165) is 19.3 Å². The number of benzene rings is 1. The van der Waals surface area contributed by atoms with Gasteiger partial charge in [0.05, 0.1) is 4.90 Å². The summed E-state index contributed by atoms with van der Waals surface area (Å²) >= 11 is 0. The van der Waals surface area contributed by atoms with E-state index in [9.17, 15) is 18.1 Å². The first kappa shape index (κ1) is 25.9. The summed E-state index contributed by atoms with van der Waals surface area (Å²) in [6.45, 7) is 2.24. The molecule has 0 spiro atoms. The van der Waals surface area contributed by atoms with Gasteiger partial charge in [-0.25, -0.2) is 0 Å². The first-order valence-corrected chi connectivity index (χ1v) is 11.2. The van der Waals surface area contributed by atoms with Crippen LogP contribution < -0.4 is 34.7 Å². The van der Waals surface area contributed by atoms with Gasteiger partial charge in [0, 0.05) is 0 Å². The Morgan fingerprint density at radius 3 is 1.77 bits per heavy atom. The summed E-state index contributed by atoms with van der Waals surface area (Å²) in [5.74, 6) is -0.626. The quantitative estimate of drug-likeness (QED) is 0.299. The van der Waals surface area contributed by atoms with Crippen LogP contribution in [0.4, 0.5) is 0 Å². The largest absolute Gasteiger partial charge is 1.00 e. The fraction of sp³-hybridized carbons (Fsp3) is 0.700. The van der Waals surface area contributed by atoms with Crippen molar-refractivity contribution in [1.29, 1.82) is 0 Å². The third kappa shape index (κ3) is 10.9. The van der Waals surface area contributed by atoms with Crippen molar-refractivity contribution in [3.63, 3.8) is 0 Å². The van der Waals surface area contributed by atoms with Gasteiger partial charge in [0.15, 0.2) is 0 Å². The molecule has 0 amide bonds. The van der Waals surface area contributed by atoms with Gasteiger partial charge in [0.1, 0.15) is 0 Å². The molecular weight excluding hydrogens is 359 g/mol. The van der Waals surface area contributed by atoms with Crippen molar-refractivity contribution in [2.45, 2.75) is 95.3 Å². The number of unbranched alkanes of at least 4 members (excludes halogenated alkanes) is 11. The van der Waals surface area contributed by atoms with Crippen molar-refractivity contribution >= 4 is 10.1 Å². The smallest absolute Gasteiger partial charge is 0.872 e. The van der Waals surface area contributed by atoms with Crippen molar-refractivity contribution < 1.29 is 47.6 Å². The van der Waals surface area contributed by atoms with Crippen LogP contribution >= 0.6 is 0 Å². The molecule has 4 nitrogen and oxygen atoms in total. The SMILES string of the molecule is CCCCCCCCCCCCCCc1cccc([O-])c1S(=O)(=O)O.[Na+]. The zero-order chi connectivity index (χ0) is 18.5. The van der Waals surface area contributed by atoms with Crippen LogP contribution in [0.2, 0.25) is 0 Å². The summed E-state index contributed by atoms with van der Waals surface area (Å²) in [6, 6.07) is 4.34. The summed E-state index contributed by atoms with van der Waals surface area (Å²) in [5, 5.41) is 11.7. The van der Waals surface area contributed by atoms with Crippen molar-refractivity contribution in [3.8, 4) is 5.75 Å². The molecule has 26 heavy (non-hydrogen) atoms. The second-order valence-electron chi connectivity index (χ2n) is 6.86. The van der Waals surface area contributed by atoms with Crippen LogP contribution in [-0.2, 0) is 16.5 Å². The van der Waals surface area contributed by atoms with Gasteiger partial charge in [0.2, 0.25) is 0 Å². The molecule has 0 unspecified atom stereocenters. The van der Waals surface area contributed by atoms with E-state index in [0.29, 0.717) is 12.0 Å². The molecule has 1 N–H and O–H groups in total. The van der Waals surface area contributed by atoms with Crippen LogP contribution in [0.25, 0.3) is 0 Å². The molecule has 0 fully saturated rings. The van der Waals surface area contributed by atoms with E-state index in [2.05, 4.69) is 6.92 Å². The Hall–Kier alpha value is -0.0700. The summed E-state index contributed by atoms with van der Waals surface area (Å²) < 4.78 is 31.9. The average Bonchev–Trinajstić information content (AvgIpc) is 2.54. The zero-order valence-corrected chi connectivity index (χ0v) is 19.3.